The van der Waals surface area contributed by atoms with Gasteiger partial charge in [-0.3, -0.25) is 14.1 Å². The molecule has 2 atom stereocenters. The van der Waals surface area contributed by atoms with Crippen molar-refractivity contribution >= 4 is 31.7 Å². The van der Waals surface area contributed by atoms with Crippen molar-refractivity contribution in [2.75, 3.05) is 13.7 Å². The van der Waals surface area contributed by atoms with Crippen LogP contribution in [0.25, 0.3) is 0 Å². The summed E-state index contributed by atoms with van der Waals surface area (Å²) in [5.74, 6) is -3.87. The predicted octanol–water partition coefficient (Wildman–Crippen LogP) is 1.12. The Hall–Kier alpha value is -2.17. The van der Waals surface area contributed by atoms with Crippen molar-refractivity contribution in [2.24, 2.45) is 5.41 Å². The van der Waals surface area contributed by atoms with Gasteiger partial charge in [0.25, 0.3) is 0 Å². The Morgan fingerprint density at radius 3 is 1.96 bits per heavy atom. The highest BCUT2D eigenvalue weighted by Crippen LogP contribution is 2.45. The van der Waals surface area contributed by atoms with Crippen molar-refractivity contribution in [3.8, 4) is 0 Å². The number of esters is 2. The van der Waals surface area contributed by atoms with Crippen molar-refractivity contribution in [1.29, 1.82) is 0 Å². The van der Waals surface area contributed by atoms with Crippen LogP contribution >= 0.6 is 7.75 Å². The van der Waals surface area contributed by atoms with E-state index in [-0.39, 0.29) is 4.67 Å². The lowest BCUT2D eigenvalue weighted by atomic mass is 9.97. The number of carboxylic acids is 1. The van der Waals surface area contributed by atoms with Crippen LogP contribution in [0, 0.1) is 5.41 Å². The van der Waals surface area contributed by atoms with Crippen LogP contribution in [0.5, 0.6) is 0 Å². The number of rotatable bonds is 8. The lowest BCUT2D eigenvalue weighted by Crippen LogP contribution is -2.42. The summed E-state index contributed by atoms with van der Waals surface area (Å²) in [6.07, 6.45) is -4.62. The second-order valence-electron chi connectivity index (χ2n) is 6.48. The molecule has 0 fully saturated rings. The van der Waals surface area contributed by atoms with Gasteiger partial charge in [-0.2, -0.15) is 0 Å². The molecule has 0 aromatic heterocycles. The number of nitrogens with zero attached hydrogens (tertiary/aromatic N) is 1. The zero-order valence-electron chi connectivity index (χ0n) is 15.8. The van der Waals surface area contributed by atoms with E-state index in [2.05, 4.69) is 9.26 Å². The Morgan fingerprint density at radius 1 is 1.07 bits per heavy atom. The summed E-state index contributed by atoms with van der Waals surface area (Å²) in [6, 6.07) is 0. The molecule has 1 amide bonds. The average Bonchev–Trinajstić information content (AvgIpc) is 2.49. The SMILES string of the molecule is COP(=O)(O)N(CC(=O)O)C(=O)OC(OC(=O)C(C)(C)C)C(=O)OC(C)C. The highest BCUT2D eigenvalue weighted by atomic mass is 31.2. The van der Waals surface area contributed by atoms with E-state index in [0.717, 1.165) is 7.11 Å². The molecule has 0 aromatic rings. The van der Waals surface area contributed by atoms with Gasteiger partial charge in [-0.25, -0.2) is 18.8 Å². The third kappa shape index (κ3) is 8.37. The number of carboxylic acid groups (broad SMARTS) is 1. The van der Waals surface area contributed by atoms with Crippen LogP contribution in [0.2, 0.25) is 0 Å². The number of hydrogen-bond acceptors (Lipinski definition) is 9. The van der Waals surface area contributed by atoms with Gasteiger partial charge >= 0.3 is 38.0 Å². The first-order valence-electron chi connectivity index (χ1n) is 7.62. The second-order valence-corrected chi connectivity index (χ2v) is 8.31. The highest BCUT2D eigenvalue weighted by Gasteiger charge is 2.41. The maximum Gasteiger partial charge on any atom is 0.437 e. The Labute approximate surface area is 155 Å². The summed E-state index contributed by atoms with van der Waals surface area (Å²) in [5, 5.41) is 8.79. The van der Waals surface area contributed by atoms with Gasteiger partial charge in [0, 0.05) is 7.11 Å². The van der Waals surface area contributed by atoms with Crippen molar-refractivity contribution in [2.45, 2.75) is 47.0 Å². The Bertz CT molecular complexity index is 625. The van der Waals surface area contributed by atoms with Crippen molar-refractivity contribution < 1.29 is 52.5 Å². The van der Waals surface area contributed by atoms with Crippen LogP contribution < -0.4 is 0 Å². The number of amides is 1. The Kier molecular flexibility index (Phi) is 8.90. The fourth-order valence-electron chi connectivity index (χ4n) is 1.32. The van der Waals surface area contributed by atoms with Crippen molar-refractivity contribution in [3.05, 3.63) is 0 Å². The molecule has 0 aliphatic heterocycles. The first-order valence-corrected chi connectivity index (χ1v) is 9.15. The molecule has 12 nitrogen and oxygen atoms in total. The van der Waals surface area contributed by atoms with Gasteiger partial charge in [-0.15, -0.1) is 0 Å². The van der Waals surface area contributed by atoms with Gasteiger partial charge in [0.05, 0.1) is 11.5 Å². The highest BCUT2D eigenvalue weighted by molar-refractivity contribution is 7.51. The molecular weight excluding hydrogens is 389 g/mol. The van der Waals surface area contributed by atoms with Crippen LogP contribution in [-0.4, -0.2) is 64.7 Å². The van der Waals surface area contributed by atoms with E-state index in [1.165, 1.54) is 34.6 Å². The topological polar surface area (TPSA) is 166 Å². The summed E-state index contributed by atoms with van der Waals surface area (Å²) in [6.45, 7) is 6.07. The number of ether oxygens (including phenoxy) is 3. The fraction of sp³-hybridized carbons (Fsp3) is 0.714. The van der Waals surface area contributed by atoms with E-state index in [1.54, 1.807) is 0 Å². The van der Waals surface area contributed by atoms with Gasteiger partial charge in [0.1, 0.15) is 6.54 Å². The molecule has 0 aromatic carbocycles. The van der Waals surface area contributed by atoms with Gasteiger partial charge in [0.15, 0.2) is 0 Å². The fourth-order valence-corrected chi connectivity index (χ4v) is 2.07. The molecule has 2 unspecified atom stereocenters. The summed E-state index contributed by atoms with van der Waals surface area (Å²) < 4.78 is 30.1. The third-order valence-corrected chi connectivity index (χ3v) is 4.01. The van der Waals surface area contributed by atoms with Crippen LogP contribution in [0.3, 0.4) is 0 Å². The first kappa shape index (κ1) is 24.8. The molecule has 0 bridgehead atoms. The van der Waals surface area contributed by atoms with Gasteiger partial charge in [-0.1, -0.05) is 0 Å². The average molecular weight is 413 g/mol. The van der Waals surface area contributed by atoms with E-state index in [0.29, 0.717) is 0 Å². The monoisotopic (exact) mass is 413 g/mol. The lowest BCUT2D eigenvalue weighted by molar-refractivity contribution is -0.199. The van der Waals surface area contributed by atoms with Crippen LogP contribution in [0.4, 0.5) is 4.79 Å². The maximum absolute atomic E-state index is 12.1. The molecule has 156 valence electrons. The molecule has 0 radical (unpaired) electrons. The normalized spacial score (nSPS) is 14.7. The molecule has 0 aliphatic carbocycles. The number of carbonyl (C=O) groups excluding carboxylic acids is 3. The molecule has 0 rings (SSSR count). The van der Waals surface area contributed by atoms with Gasteiger partial charge in [0.2, 0.25) is 0 Å². The summed E-state index contributed by atoms with van der Waals surface area (Å²) >= 11 is 0. The van der Waals surface area contributed by atoms with Crippen molar-refractivity contribution in [1.82, 2.24) is 4.67 Å². The second kappa shape index (κ2) is 9.67. The van der Waals surface area contributed by atoms with E-state index in [4.69, 9.17) is 14.6 Å². The Balaban J connectivity index is 5.62. The van der Waals surface area contributed by atoms with Crippen molar-refractivity contribution in [3.63, 3.8) is 0 Å². The van der Waals surface area contributed by atoms with Crippen LogP contribution in [-0.2, 0) is 37.7 Å². The minimum absolute atomic E-state index is 0.157. The third-order valence-electron chi connectivity index (χ3n) is 2.62. The molecule has 2 N–H and O–H groups in total. The van der Waals surface area contributed by atoms with Crippen LogP contribution in [0.1, 0.15) is 34.6 Å². The Morgan fingerprint density at radius 2 is 1.59 bits per heavy atom. The molecule has 0 heterocycles. The predicted molar refractivity (Wildman–Crippen MR) is 88.2 cm³/mol. The minimum atomic E-state index is -4.89. The van der Waals surface area contributed by atoms with E-state index in [1.807, 2.05) is 0 Å². The number of carbonyl (C=O) groups is 4. The van der Waals surface area contributed by atoms with E-state index < -0.39 is 56.1 Å². The molecule has 0 saturated carbocycles. The van der Waals surface area contributed by atoms with Crippen LogP contribution in [0.15, 0.2) is 0 Å². The van der Waals surface area contributed by atoms with Gasteiger partial charge < -0.3 is 24.2 Å². The number of aliphatic carboxylic acids is 1. The molecule has 0 spiro atoms. The zero-order valence-corrected chi connectivity index (χ0v) is 16.7. The first-order chi connectivity index (χ1) is 12.1. The van der Waals surface area contributed by atoms with E-state index in [9.17, 15) is 28.6 Å². The van der Waals surface area contributed by atoms with Gasteiger partial charge in [-0.05, 0) is 34.6 Å². The lowest BCUT2D eigenvalue weighted by Gasteiger charge is -2.26. The molecule has 0 aliphatic rings. The maximum atomic E-state index is 12.1. The largest absolute Gasteiger partial charge is 0.480 e. The molecule has 27 heavy (non-hydrogen) atoms. The standard InChI is InChI=1S/C14H24NO11P/c1-8(2)24-10(18)11(25-12(19)14(3,4)5)26-13(20)15(7-9(16)17)27(21,22)23-6/h8,11H,7H2,1-6H3,(H,16,17)(H,21,22). The quantitative estimate of drug-likeness (QED) is 0.332. The molecule has 0 saturated heterocycles. The number of hydrogen-bond donors (Lipinski definition) is 2. The summed E-state index contributed by atoms with van der Waals surface area (Å²) in [4.78, 5) is 56.6. The van der Waals surface area contributed by atoms with E-state index >= 15 is 0 Å². The summed E-state index contributed by atoms with van der Waals surface area (Å²) in [5.41, 5.74) is -1.08. The summed E-state index contributed by atoms with van der Waals surface area (Å²) in [7, 11) is -4.13. The molecule has 13 heteroatoms. The molecular formula is C14H24NO11P. The zero-order chi connectivity index (χ0) is 21.6. The smallest absolute Gasteiger partial charge is 0.437 e. The minimum Gasteiger partial charge on any atom is -0.480 e.